The highest BCUT2D eigenvalue weighted by Gasteiger charge is 2.42. The molecular formula is C12H15NO2S. The van der Waals surface area contributed by atoms with Gasteiger partial charge in [-0.3, -0.25) is 4.79 Å². The molecule has 0 aliphatic heterocycles. The summed E-state index contributed by atoms with van der Waals surface area (Å²) in [5.41, 5.74) is -0.327. The van der Waals surface area contributed by atoms with Crippen LogP contribution < -0.4 is 5.32 Å². The fourth-order valence-electron chi connectivity index (χ4n) is 1.48. The molecule has 0 saturated heterocycles. The lowest BCUT2D eigenvalue weighted by atomic mass is 10.3. The topological polar surface area (TPSA) is 49.3 Å². The van der Waals surface area contributed by atoms with Crippen LogP contribution in [0.15, 0.2) is 18.2 Å². The van der Waals surface area contributed by atoms with E-state index >= 15 is 0 Å². The molecule has 1 amide bonds. The minimum atomic E-state index is -0.327. The average Bonchev–Trinajstić information content (AvgIpc) is 2.91. The van der Waals surface area contributed by atoms with Gasteiger partial charge in [0.15, 0.2) is 0 Å². The number of aliphatic hydroxyl groups excluding tert-OH is 1. The van der Waals surface area contributed by atoms with E-state index in [2.05, 4.69) is 5.32 Å². The highest BCUT2D eigenvalue weighted by molar-refractivity contribution is 7.12. The lowest BCUT2D eigenvalue weighted by Crippen LogP contribution is -2.38. The van der Waals surface area contributed by atoms with Crippen LogP contribution >= 0.6 is 11.3 Å². The van der Waals surface area contributed by atoms with Crippen LogP contribution in [0.5, 0.6) is 0 Å². The maximum atomic E-state index is 11.5. The van der Waals surface area contributed by atoms with Gasteiger partial charge in [-0.2, -0.15) is 0 Å². The summed E-state index contributed by atoms with van der Waals surface area (Å²) < 4.78 is 0. The second-order valence-corrected chi connectivity index (χ2v) is 5.53. The predicted molar refractivity (Wildman–Crippen MR) is 65.3 cm³/mol. The molecule has 1 fully saturated rings. The minimum absolute atomic E-state index is 0.0324. The molecule has 0 bridgehead atoms. The van der Waals surface area contributed by atoms with Crippen LogP contribution in [0.3, 0.4) is 0 Å². The molecule has 1 saturated carbocycles. The van der Waals surface area contributed by atoms with Crippen LogP contribution in [0.25, 0.3) is 6.08 Å². The third kappa shape index (κ3) is 2.71. The van der Waals surface area contributed by atoms with Gasteiger partial charge in [0.1, 0.15) is 0 Å². The van der Waals surface area contributed by atoms with Crippen molar-refractivity contribution in [2.75, 3.05) is 6.61 Å². The highest BCUT2D eigenvalue weighted by atomic mass is 32.1. The first-order valence-corrected chi connectivity index (χ1v) is 6.13. The zero-order valence-corrected chi connectivity index (χ0v) is 10.0. The van der Waals surface area contributed by atoms with Crippen molar-refractivity contribution in [3.63, 3.8) is 0 Å². The Morgan fingerprint density at radius 2 is 2.38 bits per heavy atom. The van der Waals surface area contributed by atoms with Crippen LogP contribution in [0.4, 0.5) is 0 Å². The third-order valence-electron chi connectivity index (χ3n) is 2.70. The number of hydrogen-bond acceptors (Lipinski definition) is 3. The van der Waals surface area contributed by atoms with E-state index in [1.807, 2.05) is 19.1 Å². The molecule has 1 heterocycles. The molecule has 2 N–H and O–H groups in total. The SMILES string of the molecule is Cc1ccc(/C=C/C(=O)NC2(CO)CC2)s1. The molecule has 2 rings (SSSR count). The third-order valence-corrected chi connectivity index (χ3v) is 3.67. The van der Waals surface area contributed by atoms with Crippen molar-refractivity contribution in [3.05, 3.63) is 28.0 Å². The molecule has 1 aliphatic rings. The van der Waals surface area contributed by atoms with E-state index < -0.39 is 0 Å². The first-order valence-electron chi connectivity index (χ1n) is 5.31. The average molecular weight is 237 g/mol. The quantitative estimate of drug-likeness (QED) is 0.783. The van der Waals surface area contributed by atoms with Gasteiger partial charge in [-0.05, 0) is 38.0 Å². The minimum Gasteiger partial charge on any atom is -0.394 e. The summed E-state index contributed by atoms with van der Waals surface area (Å²) in [5.74, 6) is -0.127. The van der Waals surface area contributed by atoms with Gasteiger partial charge in [0.2, 0.25) is 5.91 Å². The summed E-state index contributed by atoms with van der Waals surface area (Å²) in [5, 5.41) is 11.9. The van der Waals surface area contributed by atoms with E-state index in [1.54, 1.807) is 17.4 Å². The van der Waals surface area contributed by atoms with E-state index in [1.165, 1.54) is 11.0 Å². The first kappa shape index (κ1) is 11.4. The lowest BCUT2D eigenvalue weighted by Gasteiger charge is -2.11. The standard InChI is InChI=1S/C12H15NO2S/c1-9-2-3-10(16-9)4-5-11(15)13-12(8-14)6-7-12/h2-5,14H,6-8H2,1H3,(H,13,15)/b5-4+. The summed E-state index contributed by atoms with van der Waals surface area (Å²) in [7, 11) is 0. The second kappa shape index (κ2) is 4.39. The van der Waals surface area contributed by atoms with E-state index in [0.717, 1.165) is 17.7 Å². The maximum absolute atomic E-state index is 11.5. The van der Waals surface area contributed by atoms with E-state index in [-0.39, 0.29) is 18.1 Å². The fraction of sp³-hybridized carbons (Fsp3) is 0.417. The Morgan fingerprint density at radius 3 is 2.88 bits per heavy atom. The van der Waals surface area contributed by atoms with E-state index in [0.29, 0.717) is 0 Å². The van der Waals surface area contributed by atoms with Crippen molar-refractivity contribution < 1.29 is 9.90 Å². The number of hydrogen-bond donors (Lipinski definition) is 2. The normalized spacial score (nSPS) is 17.6. The van der Waals surface area contributed by atoms with Crippen LogP contribution in [0.2, 0.25) is 0 Å². The number of thiophene rings is 1. The molecule has 16 heavy (non-hydrogen) atoms. The van der Waals surface area contributed by atoms with Gasteiger partial charge in [-0.25, -0.2) is 0 Å². The van der Waals surface area contributed by atoms with Crippen molar-refractivity contribution in [2.24, 2.45) is 0 Å². The molecule has 1 aliphatic carbocycles. The zero-order valence-electron chi connectivity index (χ0n) is 9.19. The van der Waals surface area contributed by atoms with Gasteiger partial charge in [0, 0.05) is 15.8 Å². The summed E-state index contributed by atoms with van der Waals surface area (Å²) in [4.78, 5) is 13.8. The summed E-state index contributed by atoms with van der Waals surface area (Å²) in [6.45, 7) is 2.07. The molecule has 0 atom stereocenters. The highest BCUT2D eigenvalue weighted by Crippen LogP contribution is 2.34. The van der Waals surface area contributed by atoms with Crippen molar-refractivity contribution >= 4 is 23.3 Å². The Morgan fingerprint density at radius 1 is 1.62 bits per heavy atom. The molecule has 1 aromatic heterocycles. The van der Waals surface area contributed by atoms with Crippen LogP contribution in [0, 0.1) is 6.92 Å². The van der Waals surface area contributed by atoms with Gasteiger partial charge in [-0.1, -0.05) is 0 Å². The zero-order chi connectivity index (χ0) is 11.6. The number of aryl methyl sites for hydroxylation is 1. The van der Waals surface area contributed by atoms with E-state index in [9.17, 15) is 4.79 Å². The molecule has 4 heteroatoms. The smallest absolute Gasteiger partial charge is 0.244 e. The fourth-order valence-corrected chi connectivity index (χ4v) is 2.26. The van der Waals surface area contributed by atoms with Crippen molar-refractivity contribution in [2.45, 2.75) is 25.3 Å². The van der Waals surface area contributed by atoms with Crippen molar-refractivity contribution in [1.82, 2.24) is 5.32 Å². The molecule has 0 unspecified atom stereocenters. The Balaban J connectivity index is 1.90. The predicted octanol–water partition coefficient (Wildman–Crippen LogP) is 1.71. The summed E-state index contributed by atoms with van der Waals surface area (Å²) >= 11 is 1.65. The number of aliphatic hydroxyl groups is 1. The molecule has 0 radical (unpaired) electrons. The number of carbonyl (C=O) groups excluding carboxylic acids is 1. The molecule has 0 aromatic carbocycles. The largest absolute Gasteiger partial charge is 0.394 e. The molecule has 1 aromatic rings. The van der Waals surface area contributed by atoms with Crippen LogP contribution in [-0.4, -0.2) is 23.2 Å². The molecule has 3 nitrogen and oxygen atoms in total. The van der Waals surface area contributed by atoms with Gasteiger partial charge in [-0.15, -0.1) is 11.3 Å². The van der Waals surface area contributed by atoms with E-state index in [4.69, 9.17) is 5.11 Å². The van der Waals surface area contributed by atoms with Crippen molar-refractivity contribution in [3.8, 4) is 0 Å². The Labute approximate surface area is 98.8 Å². The number of amides is 1. The van der Waals surface area contributed by atoms with Crippen LogP contribution in [-0.2, 0) is 4.79 Å². The van der Waals surface area contributed by atoms with Gasteiger partial charge < -0.3 is 10.4 Å². The number of nitrogens with one attached hydrogen (secondary N) is 1. The Kier molecular flexibility index (Phi) is 3.12. The molecular weight excluding hydrogens is 222 g/mol. The second-order valence-electron chi connectivity index (χ2n) is 4.21. The maximum Gasteiger partial charge on any atom is 0.244 e. The monoisotopic (exact) mass is 237 g/mol. The first-order chi connectivity index (χ1) is 7.63. The van der Waals surface area contributed by atoms with Crippen LogP contribution in [0.1, 0.15) is 22.6 Å². The number of carbonyl (C=O) groups is 1. The molecule has 0 spiro atoms. The lowest BCUT2D eigenvalue weighted by molar-refractivity contribution is -0.117. The Hall–Kier alpha value is -1.13. The van der Waals surface area contributed by atoms with Gasteiger partial charge in [0.05, 0.1) is 12.1 Å². The number of rotatable bonds is 4. The summed E-state index contributed by atoms with van der Waals surface area (Å²) in [6, 6.07) is 4.01. The van der Waals surface area contributed by atoms with Crippen molar-refractivity contribution in [1.29, 1.82) is 0 Å². The van der Waals surface area contributed by atoms with Gasteiger partial charge in [0.25, 0.3) is 0 Å². The molecule has 86 valence electrons. The summed E-state index contributed by atoms with van der Waals surface area (Å²) in [6.07, 6.45) is 5.09. The Bertz CT molecular complexity index is 418. The van der Waals surface area contributed by atoms with Gasteiger partial charge >= 0.3 is 0 Å².